The van der Waals surface area contributed by atoms with Crippen LogP contribution in [0.5, 0.6) is 0 Å². The van der Waals surface area contributed by atoms with Crippen LogP contribution in [0.1, 0.15) is 74.7 Å². The van der Waals surface area contributed by atoms with Crippen molar-refractivity contribution in [3.63, 3.8) is 0 Å². The van der Waals surface area contributed by atoms with Crippen LogP contribution in [-0.4, -0.2) is 45.3 Å². The lowest BCUT2D eigenvalue weighted by Crippen LogP contribution is -2.50. The Morgan fingerprint density at radius 2 is 1.62 bits per heavy atom. The first-order valence-corrected chi connectivity index (χ1v) is 11.5. The summed E-state index contributed by atoms with van der Waals surface area (Å²) in [5.41, 5.74) is 0.0275. The molecule has 2 saturated carbocycles. The molecule has 3 rings (SSSR count). The Labute approximate surface area is 162 Å². The number of thioether (sulfide) groups is 1. The van der Waals surface area contributed by atoms with Crippen molar-refractivity contribution >= 4 is 40.2 Å². The predicted molar refractivity (Wildman–Crippen MR) is 105 cm³/mol. The van der Waals surface area contributed by atoms with Gasteiger partial charge in [0.1, 0.15) is 0 Å². The molecule has 6 nitrogen and oxygen atoms in total. The average molecular weight is 398 g/mol. The van der Waals surface area contributed by atoms with Crippen molar-refractivity contribution < 1.29 is 14.7 Å². The van der Waals surface area contributed by atoms with Crippen molar-refractivity contribution in [2.24, 2.45) is 0 Å². The molecule has 0 unspecified atom stereocenters. The first-order valence-electron chi connectivity index (χ1n) is 9.47. The molecule has 0 bridgehead atoms. The van der Waals surface area contributed by atoms with Gasteiger partial charge >= 0.3 is 12.0 Å². The summed E-state index contributed by atoms with van der Waals surface area (Å²) in [5, 5.41) is 12.6. The third-order valence-corrected chi connectivity index (χ3v) is 7.45. The van der Waals surface area contributed by atoms with Gasteiger partial charge in [0, 0.05) is 12.1 Å². The molecule has 0 radical (unpaired) electrons. The van der Waals surface area contributed by atoms with Crippen LogP contribution in [0.2, 0.25) is 0 Å². The first kappa shape index (κ1) is 19.5. The zero-order valence-electron chi connectivity index (χ0n) is 15.2. The molecule has 2 amide bonds. The summed E-state index contributed by atoms with van der Waals surface area (Å²) in [6.45, 7) is 0. The van der Waals surface area contributed by atoms with E-state index < -0.39 is 5.97 Å². The smallest absolute Gasteiger partial charge is 0.356 e. The van der Waals surface area contributed by atoms with Gasteiger partial charge in [-0.1, -0.05) is 49.9 Å². The van der Waals surface area contributed by atoms with Crippen molar-refractivity contribution in [3.05, 3.63) is 5.69 Å². The zero-order valence-corrected chi connectivity index (χ0v) is 16.8. The molecular formula is C18H27N3O3S2. The van der Waals surface area contributed by atoms with E-state index in [2.05, 4.69) is 15.2 Å². The lowest BCUT2D eigenvalue weighted by molar-refractivity contribution is 0.0687. The van der Waals surface area contributed by atoms with E-state index in [4.69, 9.17) is 0 Å². The Morgan fingerprint density at radius 3 is 2.04 bits per heavy atom. The number of aromatic nitrogens is 1. The largest absolute Gasteiger partial charge is 0.476 e. The average Bonchev–Trinajstić information content (AvgIpc) is 3.07. The molecule has 1 aromatic heterocycles. The minimum Gasteiger partial charge on any atom is -0.476 e. The maximum atomic E-state index is 13.1. The maximum absolute atomic E-state index is 13.1. The Hall–Kier alpha value is -1.28. The summed E-state index contributed by atoms with van der Waals surface area (Å²) >= 11 is 2.59. The highest BCUT2D eigenvalue weighted by Crippen LogP contribution is 2.33. The van der Waals surface area contributed by atoms with Gasteiger partial charge in [0.25, 0.3) is 0 Å². The van der Waals surface area contributed by atoms with Crippen molar-refractivity contribution in [1.29, 1.82) is 0 Å². The van der Waals surface area contributed by atoms with Gasteiger partial charge in [-0.2, -0.15) is 0 Å². The number of nitrogens with zero attached hydrogens (tertiary/aromatic N) is 2. The van der Waals surface area contributed by atoms with Gasteiger partial charge in [0.2, 0.25) is 0 Å². The SMILES string of the molecule is CSc1sc(NC(=O)N(C2CCCCC2)C2CCCCC2)nc1C(=O)O. The Bertz CT molecular complexity index is 620. The molecule has 0 spiro atoms. The van der Waals surface area contributed by atoms with Gasteiger partial charge < -0.3 is 10.0 Å². The number of aromatic carboxylic acids is 1. The van der Waals surface area contributed by atoms with E-state index in [0.29, 0.717) is 21.4 Å². The fourth-order valence-corrected chi connectivity index (χ4v) is 5.71. The molecule has 0 aromatic carbocycles. The van der Waals surface area contributed by atoms with E-state index in [1.54, 1.807) is 0 Å². The van der Waals surface area contributed by atoms with E-state index in [1.807, 2.05) is 6.26 Å². The topological polar surface area (TPSA) is 82.5 Å². The van der Waals surface area contributed by atoms with Crippen molar-refractivity contribution in [1.82, 2.24) is 9.88 Å². The second-order valence-corrected chi connectivity index (χ2v) is 9.16. The number of rotatable bonds is 5. The minimum absolute atomic E-state index is 0.0275. The van der Waals surface area contributed by atoms with Gasteiger partial charge in [-0.3, -0.25) is 5.32 Å². The number of carboxylic acids is 1. The molecule has 2 aliphatic carbocycles. The molecule has 0 saturated heterocycles. The van der Waals surface area contributed by atoms with Gasteiger partial charge in [0.05, 0.1) is 4.21 Å². The summed E-state index contributed by atoms with van der Waals surface area (Å²) in [7, 11) is 0. The molecule has 1 aromatic rings. The molecule has 2 N–H and O–H groups in total. The number of amides is 2. The van der Waals surface area contributed by atoms with Crippen molar-refractivity contribution in [2.75, 3.05) is 11.6 Å². The summed E-state index contributed by atoms with van der Waals surface area (Å²) < 4.78 is 0.620. The van der Waals surface area contributed by atoms with Crippen LogP contribution in [0.25, 0.3) is 0 Å². The highest BCUT2D eigenvalue weighted by molar-refractivity contribution is 8.00. The fourth-order valence-electron chi connectivity index (χ4n) is 4.14. The Morgan fingerprint density at radius 1 is 1.08 bits per heavy atom. The number of hydrogen-bond acceptors (Lipinski definition) is 5. The van der Waals surface area contributed by atoms with E-state index in [1.165, 1.54) is 61.6 Å². The van der Waals surface area contributed by atoms with Crippen molar-refractivity contribution in [2.45, 2.75) is 80.5 Å². The normalized spacial score (nSPS) is 19.3. The summed E-state index contributed by atoms with van der Waals surface area (Å²) in [6, 6.07) is 0.485. The Balaban J connectivity index is 1.77. The molecule has 144 valence electrons. The van der Waals surface area contributed by atoms with Gasteiger partial charge in [0.15, 0.2) is 10.8 Å². The number of carbonyl (C=O) groups is 2. The molecule has 2 aliphatic rings. The number of thiazole rings is 1. The van der Waals surface area contributed by atoms with Gasteiger partial charge in [-0.15, -0.1) is 11.8 Å². The number of carboxylic acid groups (broad SMARTS) is 1. The number of carbonyl (C=O) groups excluding carboxylic acids is 1. The highest BCUT2D eigenvalue weighted by Gasteiger charge is 2.33. The highest BCUT2D eigenvalue weighted by atomic mass is 32.2. The number of nitrogens with one attached hydrogen (secondary N) is 1. The molecule has 2 fully saturated rings. The van der Waals surface area contributed by atoms with Crippen LogP contribution in [-0.2, 0) is 0 Å². The molecular weight excluding hydrogens is 370 g/mol. The van der Waals surface area contributed by atoms with E-state index in [0.717, 1.165) is 25.7 Å². The van der Waals surface area contributed by atoms with Crippen molar-refractivity contribution in [3.8, 4) is 0 Å². The van der Waals surface area contributed by atoms with Crippen LogP contribution in [0.15, 0.2) is 4.21 Å². The van der Waals surface area contributed by atoms with Gasteiger partial charge in [-0.25, -0.2) is 14.6 Å². The number of hydrogen-bond donors (Lipinski definition) is 2. The minimum atomic E-state index is -1.05. The molecule has 26 heavy (non-hydrogen) atoms. The summed E-state index contributed by atoms with van der Waals surface area (Å²) in [5.74, 6) is -1.05. The summed E-state index contributed by atoms with van der Waals surface area (Å²) in [4.78, 5) is 30.6. The van der Waals surface area contributed by atoms with Gasteiger partial charge in [-0.05, 0) is 31.9 Å². The predicted octanol–water partition coefficient (Wildman–Crippen LogP) is 5.06. The molecule has 1 heterocycles. The monoisotopic (exact) mass is 397 g/mol. The molecule has 8 heteroatoms. The third-order valence-electron chi connectivity index (χ3n) is 5.37. The van der Waals surface area contributed by atoms with Crippen LogP contribution in [0.3, 0.4) is 0 Å². The lowest BCUT2D eigenvalue weighted by atomic mass is 9.89. The number of anilines is 1. The van der Waals surface area contributed by atoms with Crippen LogP contribution in [0, 0.1) is 0 Å². The maximum Gasteiger partial charge on any atom is 0.356 e. The van der Waals surface area contributed by atoms with E-state index >= 15 is 0 Å². The van der Waals surface area contributed by atoms with Crippen LogP contribution < -0.4 is 5.32 Å². The summed E-state index contributed by atoms with van der Waals surface area (Å²) in [6.07, 6.45) is 13.3. The fraction of sp³-hybridized carbons (Fsp3) is 0.722. The zero-order chi connectivity index (χ0) is 18.5. The quantitative estimate of drug-likeness (QED) is 0.678. The molecule has 0 atom stereocenters. The third kappa shape index (κ3) is 4.52. The van der Waals surface area contributed by atoms with E-state index in [-0.39, 0.29) is 11.7 Å². The molecule has 0 aliphatic heterocycles. The van der Waals surface area contributed by atoms with Crippen LogP contribution in [0.4, 0.5) is 9.93 Å². The van der Waals surface area contributed by atoms with E-state index in [9.17, 15) is 14.7 Å². The second-order valence-electron chi connectivity index (χ2n) is 7.09. The standard InChI is InChI=1S/C18H27N3O3S2/c1-25-16-14(15(22)23)19-17(26-16)20-18(24)21(12-8-4-2-5-9-12)13-10-6-3-7-11-13/h12-13H,2-11H2,1H3,(H,22,23)(H,19,20,24). The van der Waals surface area contributed by atoms with Crippen LogP contribution >= 0.6 is 23.1 Å². The number of urea groups is 1. The second kappa shape index (κ2) is 9.08. The Kier molecular flexibility index (Phi) is 6.80. The lowest BCUT2D eigenvalue weighted by Gasteiger charge is -2.41. The first-order chi connectivity index (χ1) is 12.6.